The summed E-state index contributed by atoms with van der Waals surface area (Å²) < 4.78 is 5.69. The first-order valence-electron chi connectivity index (χ1n) is 13.7. The molecule has 226 valence electrons. The molecule has 0 saturated heterocycles. The van der Waals surface area contributed by atoms with Crippen molar-refractivity contribution in [3.8, 4) is 5.75 Å². The van der Waals surface area contributed by atoms with Crippen LogP contribution in [0.2, 0.25) is 0 Å². The molecule has 9 nitrogen and oxygen atoms in total. The number of hydrogen-bond donors (Lipinski definition) is 7. The van der Waals surface area contributed by atoms with Gasteiger partial charge in [0, 0.05) is 46.4 Å². The van der Waals surface area contributed by atoms with Crippen LogP contribution in [0.25, 0.3) is 0 Å². The molecule has 0 aliphatic carbocycles. The molecule has 2 aromatic rings. The van der Waals surface area contributed by atoms with Crippen molar-refractivity contribution in [2.75, 3.05) is 31.6 Å². The Hall–Kier alpha value is -2.73. The fourth-order valence-electron chi connectivity index (χ4n) is 3.93. The maximum absolute atomic E-state index is 12.6. The highest BCUT2D eigenvalue weighted by Crippen LogP contribution is 2.19. The predicted molar refractivity (Wildman–Crippen MR) is 170 cm³/mol. The smallest absolute Gasteiger partial charge is 0.335 e. The third-order valence-corrected chi connectivity index (χ3v) is 6.35. The van der Waals surface area contributed by atoms with E-state index < -0.39 is 17.8 Å². The van der Waals surface area contributed by atoms with Crippen molar-refractivity contribution in [3.05, 3.63) is 59.2 Å². The molecule has 11 heteroatoms. The minimum absolute atomic E-state index is 0.0629. The van der Waals surface area contributed by atoms with E-state index in [1.165, 1.54) is 12.1 Å². The van der Waals surface area contributed by atoms with Gasteiger partial charge in [-0.1, -0.05) is 12.8 Å². The Morgan fingerprint density at radius 1 is 0.829 bits per heavy atom. The minimum Gasteiger partial charge on any atom is -0.494 e. The molecule has 1 amide bonds. The number of carbonyl (C=O) groups excluding carboxylic acids is 1. The van der Waals surface area contributed by atoms with Gasteiger partial charge in [0.05, 0.1) is 17.7 Å². The fourth-order valence-corrected chi connectivity index (χ4v) is 4.14. The second-order valence-electron chi connectivity index (χ2n) is 11.4. The molecule has 0 aromatic heterocycles. The van der Waals surface area contributed by atoms with E-state index in [0.29, 0.717) is 24.0 Å². The van der Waals surface area contributed by atoms with E-state index in [0.717, 1.165) is 51.4 Å². The number of anilines is 1. The predicted octanol–water partition coefficient (Wildman–Crippen LogP) is 5.24. The number of unbranched alkanes of at least 4 members (excludes halogenated alkanes) is 2. The largest absolute Gasteiger partial charge is 0.494 e. The standard InChI is InChI=1S/C30H43N3O6S2/c1-29(2,40)18-31-17-23(32-19-30(3,4)41)8-6-5-7-13-39-25-11-9-20(10-12-25)26(34)33-24-15-21(27(35)36)14-22(16-24)28(37)38/h9-12,14-16,23,31-32,40-41H,5-8,13,17-19H2,1-4H3,(H,33,34)(H,35,36)(H,37,38). The average molecular weight is 606 g/mol. The van der Waals surface area contributed by atoms with Gasteiger partial charge in [0.2, 0.25) is 0 Å². The number of thiol groups is 2. The molecule has 41 heavy (non-hydrogen) atoms. The maximum atomic E-state index is 12.6. The lowest BCUT2D eigenvalue weighted by Crippen LogP contribution is -2.45. The Morgan fingerprint density at radius 3 is 1.95 bits per heavy atom. The first-order chi connectivity index (χ1) is 19.1. The highest BCUT2D eigenvalue weighted by molar-refractivity contribution is 7.82. The molecule has 0 heterocycles. The zero-order chi connectivity index (χ0) is 30.6. The van der Waals surface area contributed by atoms with E-state index in [1.54, 1.807) is 24.3 Å². The van der Waals surface area contributed by atoms with Gasteiger partial charge in [-0.25, -0.2) is 9.59 Å². The van der Waals surface area contributed by atoms with E-state index in [2.05, 4.69) is 68.9 Å². The van der Waals surface area contributed by atoms with Crippen molar-refractivity contribution >= 4 is 48.8 Å². The van der Waals surface area contributed by atoms with E-state index in [4.69, 9.17) is 4.74 Å². The Labute approximate surface area is 253 Å². The van der Waals surface area contributed by atoms with E-state index in [-0.39, 0.29) is 26.3 Å². The summed E-state index contributed by atoms with van der Waals surface area (Å²) in [4.78, 5) is 35.2. The summed E-state index contributed by atoms with van der Waals surface area (Å²) in [5.74, 6) is -2.43. The first kappa shape index (κ1) is 34.5. The summed E-state index contributed by atoms with van der Waals surface area (Å²) in [5, 5.41) is 28.1. The van der Waals surface area contributed by atoms with Gasteiger partial charge in [-0.05, 0) is 83.0 Å². The highest BCUT2D eigenvalue weighted by atomic mass is 32.1. The summed E-state index contributed by atoms with van der Waals surface area (Å²) in [6.07, 6.45) is 4.02. The molecule has 1 atom stereocenters. The minimum atomic E-state index is -1.29. The third kappa shape index (κ3) is 14.1. The van der Waals surface area contributed by atoms with Crippen LogP contribution in [0.5, 0.6) is 5.75 Å². The van der Waals surface area contributed by atoms with Crippen LogP contribution in [0.3, 0.4) is 0 Å². The highest BCUT2D eigenvalue weighted by Gasteiger charge is 2.17. The Bertz CT molecular complexity index is 1130. The summed E-state index contributed by atoms with van der Waals surface area (Å²) in [5.41, 5.74) is -0.0494. The molecule has 0 spiro atoms. The van der Waals surface area contributed by atoms with Crippen LogP contribution in [-0.2, 0) is 0 Å². The lowest BCUT2D eigenvalue weighted by Gasteiger charge is -2.26. The van der Waals surface area contributed by atoms with Crippen LogP contribution < -0.4 is 20.7 Å². The number of amides is 1. The molecular weight excluding hydrogens is 562 g/mol. The maximum Gasteiger partial charge on any atom is 0.335 e. The van der Waals surface area contributed by atoms with E-state index in [1.807, 2.05) is 0 Å². The fraction of sp³-hybridized carbons (Fsp3) is 0.500. The van der Waals surface area contributed by atoms with Crippen molar-refractivity contribution in [1.82, 2.24) is 10.6 Å². The SMILES string of the molecule is CC(C)(S)CNCC(CCCCCOc1ccc(C(=O)Nc2cc(C(=O)O)cc(C(=O)O)c2)cc1)NCC(C)(C)S. The van der Waals surface area contributed by atoms with Crippen molar-refractivity contribution < 1.29 is 29.3 Å². The molecule has 2 aromatic carbocycles. The lowest BCUT2D eigenvalue weighted by atomic mass is 10.1. The molecule has 1 unspecified atom stereocenters. The quantitative estimate of drug-likeness (QED) is 0.0906. The number of carbonyl (C=O) groups is 3. The van der Waals surface area contributed by atoms with Crippen molar-refractivity contribution in [1.29, 1.82) is 0 Å². The van der Waals surface area contributed by atoms with Gasteiger partial charge in [-0.15, -0.1) is 0 Å². The van der Waals surface area contributed by atoms with Crippen LogP contribution in [0.15, 0.2) is 42.5 Å². The van der Waals surface area contributed by atoms with Crippen LogP contribution in [0.4, 0.5) is 5.69 Å². The molecule has 0 radical (unpaired) electrons. The molecule has 2 rings (SSSR count). The summed E-state index contributed by atoms with van der Waals surface area (Å²) in [7, 11) is 0. The van der Waals surface area contributed by atoms with Crippen LogP contribution in [0, 0.1) is 0 Å². The number of hydrogen-bond acceptors (Lipinski definition) is 8. The second kappa shape index (κ2) is 16.1. The number of aromatic carboxylic acids is 2. The van der Waals surface area contributed by atoms with Crippen molar-refractivity contribution in [2.24, 2.45) is 0 Å². The van der Waals surface area contributed by atoms with Gasteiger partial charge in [0.15, 0.2) is 0 Å². The topological polar surface area (TPSA) is 137 Å². The molecular formula is C30H43N3O6S2. The number of nitrogens with one attached hydrogen (secondary N) is 3. The van der Waals surface area contributed by atoms with Crippen LogP contribution in [-0.4, -0.2) is 69.8 Å². The molecule has 0 saturated carbocycles. The second-order valence-corrected chi connectivity index (χ2v) is 13.8. The van der Waals surface area contributed by atoms with E-state index >= 15 is 0 Å². The Kier molecular flexibility index (Phi) is 13.5. The third-order valence-electron chi connectivity index (χ3n) is 6.04. The van der Waals surface area contributed by atoms with Crippen LogP contribution in [0.1, 0.15) is 84.5 Å². The lowest BCUT2D eigenvalue weighted by molar-refractivity contribution is 0.0696. The number of rotatable bonds is 18. The van der Waals surface area contributed by atoms with Crippen molar-refractivity contribution in [2.45, 2.75) is 68.9 Å². The Balaban J connectivity index is 1.79. The molecule has 0 aliphatic rings. The monoisotopic (exact) mass is 605 g/mol. The van der Waals surface area contributed by atoms with Gasteiger partial charge in [0.1, 0.15) is 5.75 Å². The van der Waals surface area contributed by atoms with Gasteiger partial charge in [-0.3, -0.25) is 4.79 Å². The molecule has 0 aliphatic heterocycles. The summed E-state index contributed by atoms with van der Waals surface area (Å²) in [6.45, 7) is 11.4. The number of ether oxygens (including phenoxy) is 1. The molecule has 0 fully saturated rings. The summed E-state index contributed by atoms with van der Waals surface area (Å²) in [6, 6.07) is 10.4. The molecule has 0 bridgehead atoms. The number of benzene rings is 2. The number of carboxylic acids is 2. The van der Waals surface area contributed by atoms with Gasteiger partial charge in [0.25, 0.3) is 5.91 Å². The number of carboxylic acid groups (broad SMARTS) is 2. The zero-order valence-electron chi connectivity index (χ0n) is 24.2. The van der Waals surface area contributed by atoms with E-state index in [9.17, 15) is 24.6 Å². The normalized spacial score (nSPS) is 12.5. The summed E-state index contributed by atoms with van der Waals surface area (Å²) >= 11 is 9.21. The molecule has 5 N–H and O–H groups in total. The zero-order valence-corrected chi connectivity index (χ0v) is 26.0. The average Bonchev–Trinajstić information content (AvgIpc) is 2.87. The van der Waals surface area contributed by atoms with Crippen LogP contribution >= 0.6 is 25.3 Å². The van der Waals surface area contributed by atoms with Gasteiger partial charge >= 0.3 is 11.9 Å². The van der Waals surface area contributed by atoms with Gasteiger partial charge in [-0.2, -0.15) is 25.3 Å². The van der Waals surface area contributed by atoms with Gasteiger partial charge < -0.3 is 30.9 Å². The first-order valence-corrected chi connectivity index (χ1v) is 14.6. The van der Waals surface area contributed by atoms with Crippen molar-refractivity contribution in [3.63, 3.8) is 0 Å². The Morgan fingerprint density at radius 2 is 1.41 bits per heavy atom.